The Morgan fingerprint density at radius 2 is 1.81 bits per heavy atom. The van der Waals surface area contributed by atoms with Crippen LogP contribution in [0, 0.1) is 0 Å². The fourth-order valence-corrected chi connectivity index (χ4v) is 2.60. The van der Waals surface area contributed by atoms with Gasteiger partial charge in [-0.05, 0) is 29.7 Å². The predicted molar refractivity (Wildman–Crippen MR) is 85.7 cm³/mol. The number of fused-ring (bicyclic) bond motifs is 1. The molecule has 3 nitrogen and oxygen atoms in total. The fraction of sp³-hybridized carbons (Fsp3) is 0. The molecule has 0 spiro atoms. The standard InChI is InChI=1S/C16H10Cl2N2O/c17-10-6-5-9-7-14(16(19)21)20-15(12(9)8-10)11-3-1-2-4-13(11)18/h1-8H,(H2,19,21). The Bertz CT molecular complexity index is 862. The number of benzene rings is 2. The summed E-state index contributed by atoms with van der Waals surface area (Å²) < 4.78 is 0. The van der Waals surface area contributed by atoms with Crippen molar-refractivity contribution in [1.82, 2.24) is 4.98 Å². The van der Waals surface area contributed by atoms with Crippen molar-refractivity contribution >= 4 is 39.9 Å². The Hall–Kier alpha value is -2.10. The summed E-state index contributed by atoms with van der Waals surface area (Å²) in [5.41, 5.74) is 6.88. The molecule has 3 rings (SSSR count). The predicted octanol–water partition coefficient (Wildman–Crippen LogP) is 4.31. The first-order valence-electron chi connectivity index (χ1n) is 6.21. The summed E-state index contributed by atoms with van der Waals surface area (Å²) in [5.74, 6) is -0.583. The van der Waals surface area contributed by atoms with E-state index in [9.17, 15) is 4.79 Å². The van der Waals surface area contributed by atoms with Crippen molar-refractivity contribution in [2.75, 3.05) is 0 Å². The van der Waals surface area contributed by atoms with E-state index >= 15 is 0 Å². The van der Waals surface area contributed by atoms with Crippen molar-refractivity contribution in [3.63, 3.8) is 0 Å². The number of carbonyl (C=O) groups excluding carboxylic acids is 1. The Morgan fingerprint density at radius 1 is 1.05 bits per heavy atom. The molecule has 0 atom stereocenters. The summed E-state index contributed by atoms with van der Waals surface area (Å²) in [6.45, 7) is 0. The number of carbonyl (C=O) groups is 1. The van der Waals surface area contributed by atoms with Gasteiger partial charge in [-0.15, -0.1) is 0 Å². The van der Waals surface area contributed by atoms with Crippen molar-refractivity contribution in [2.45, 2.75) is 0 Å². The second kappa shape index (κ2) is 5.35. The van der Waals surface area contributed by atoms with E-state index in [0.717, 1.165) is 16.3 Å². The highest BCUT2D eigenvalue weighted by atomic mass is 35.5. The highest BCUT2D eigenvalue weighted by molar-refractivity contribution is 6.34. The Labute approximate surface area is 131 Å². The van der Waals surface area contributed by atoms with Crippen LogP contribution in [0.5, 0.6) is 0 Å². The second-order valence-corrected chi connectivity index (χ2v) is 5.41. The average Bonchev–Trinajstić information content (AvgIpc) is 2.47. The minimum atomic E-state index is -0.583. The lowest BCUT2D eigenvalue weighted by molar-refractivity contribution is 0.0996. The first-order valence-corrected chi connectivity index (χ1v) is 6.97. The lowest BCUT2D eigenvalue weighted by atomic mass is 10.0. The first kappa shape index (κ1) is 13.9. The third kappa shape index (κ3) is 2.58. The molecule has 3 aromatic rings. The van der Waals surface area contributed by atoms with Crippen LogP contribution in [0.15, 0.2) is 48.5 Å². The van der Waals surface area contributed by atoms with E-state index < -0.39 is 5.91 Å². The van der Waals surface area contributed by atoms with E-state index in [4.69, 9.17) is 28.9 Å². The number of rotatable bonds is 2. The van der Waals surface area contributed by atoms with Gasteiger partial charge in [0.25, 0.3) is 5.91 Å². The molecule has 0 saturated heterocycles. The molecule has 1 aromatic heterocycles. The lowest BCUT2D eigenvalue weighted by Crippen LogP contribution is -2.13. The molecule has 0 bridgehead atoms. The van der Waals surface area contributed by atoms with Crippen LogP contribution in [0.1, 0.15) is 10.5 Å². The largest absolute Gasteiger partial charge is 0.364 e. The van der Waals surface area contributed by atoms with Crippen molar-refractivity contribution < 1.29 is 4.79 Å². The zero-order valence-corrected chi connectivity index (χ0v) is 12.3. The average molecular weight is 317 g/mol. The number of nitrogens with two attached hydrogens (primary N) is 1. The summed E-state index contributed by atoms with van der Waals surface area (Å²) in [7, 11) is 0. The number of halogens is 2. The van der Waals surface area contributed by atoms with Crippen molar-refractivity contribution in [1.29, 1.82) is 0 Å². The van der Waals surface area contributed by atoms with Gasteiger partial charge in [0.05, 0.1) is 5.69 Å². The molecule has 2 aromatic carbocycles. The van der Waals surface area contributed by atoms with Gasteiger partial charge in [0.1, 0.15) is 5.69 Å². The van der Waals surface area contributed by atoms with E-state index in [0.29, 0.717) is 15.7 Å². The summed E-state index contributed by atoms with van der Waals surface area (Å²) in [5, 5.41) is 2.79. The van der Waals surface area contributed by atoms with E-state index in [2.05, 4.69) is 4.98 Å². The molecule has 0 aliphatic rings. The van der Waals surface area contributed by atoms with Crippen LogP contribution >= 0.6 is 23.2 Å². The number of primary amides is 1. The number of hydrogen-bond donors (Lipinski definition) is 1. The van der Waals surface area contributed by atoms with E-state index in [1.807, 2.05) is 24.3 Å². The molecule has 21 heavy (non-hydrogen) atoms. The van der Waals surface area contributed by atoms with Gasteiger partial charge in [-0.2, -0.15) is 0 Å². The number of amides is 1. The van der Waals surface area contributed by atoms with Crippen LogP contribution < -0.4 is 5.73 Å². The summed E-state index contributed by atoms with van der Waals surface area (Å²) in [4.78, 5) is 15.8. The molecule has 0 fully saturated rings. The molecular weight excluding hydrogens is 307 g/mol. The van der Waals surface area contributed by atoms with Gasteiger partial charge in [-0.3, -0.25) is 4.79 Å². The lowest BCUT2D eigenvalue weighted by Gasteiger charge is -2.10. The van der Waals surface area contributed by atoms with Gasteiger partial charge >= 0.3 is 0 Å². The molecule has 104 valence electrons. The van der Waals surface area contributed by atoms with E-state index in [-0.39, 0.29) is 5.69 Å². The monoisotopic (exact) mass is 316 g/mol. The summed E-state index contributed by atoms with van der Waals surface area (Å²) in [6.07, 6.45) is 0. The zero-order valence-electron chi connectivity index (χ0n) is 10.8. The second-order valence-electron chi connectivity index (χ2n) is 4.57. The third-order valence-corrected chi connectivity index (χ3v) is 3.74. The van der Waals surface area contributed by atoms with Crippen LogP contribution in [-0.2, 0) is 0 Å². The van der Waals surface area contributed by atoms with Crippen molar-refractivity contribution in [3.05, 3.63) is 64.3 Å². The first-order chi connectivity index (χ1) is 10.1. The molecule has 2 N–H and O–H groups in total. The van der Waals surface area contributed by atoms with Gasteiger partial charge in [0.2, 0.25) is 0 Å². The summed E-state index contributed by atoms with van der Waals surface area (Å²) >= 11 is 12.3. The number of hydrogen-bond acceptors (Lipinski definition) is 2. The number of aromatic nitrogens is 1. The number of nitrogens with zero attached hydrogens (tertiary/aromatic N) is 1. The smallest absolute Gasteiger partial charge is 0.267 e. The molecule has 0 aliphatic heterocycles. The Kier molecular flexibility index (Phi) is 3.53. The highest BCUT2D eigenvalue weighted by Crippen LogP contribution is 2.33. The fourth-order valence-electron chi connectivity index (χ4n) is 2.20. The van der Waals surface area contributed by atoms with Crippen molar-refractivity contribution in [3.8, 4) is 11.3 Å². The van der Waals surface area contributed by atoms with Gasteiger partial charge in [-0.1, -0.05) is 47.5 Å². The topological polar surface area (TPSA) is 56.0 Å². The van der Waals surface area contributed by atoms with E-state index in [1.165, 1.54) is 0 Å². The molecule has 0 saturated carbocycles. The molecule has 0 radical (unpaired) electrons. The molecule has 1 amide bonds. The van der Waals surface area contributed by atoms with Crippen LogP contribution in [0.25, 0.3) is 22.0 Å². The van der Waals surface area contributed by atoms with Crippen LogP contribution in [0.3, 0.4) is 0 Å². The van der Waals surface area contributed by atoms with E-state index in [1.54, 1.807) is 24.3 Å². The third-order valence-electron chi connectivity index (χ3n) is 3.18. The maximum Gasteiger partial charge on any atom is 0.267 e. The molecular formula is C16H10Cl2N2O. The molecule has 1 heterocycles. The van der Waals surface area contributed by atoms with Crippen LogP contribution in [0.4, 0.5) is 0 Å². The van der Waals surface area contributed by atoms with Gasteiger partial charge in [0.15, 0.2) is 0 Å². The Morgan fingerprint density at radius 3 is 2.52 bits per heavy atom. The number of pyridine rings is 1. The Balaban J connectivity index is 2.41. The minimum Gasteiger partial charge on any atom is -0.364 e. The maximum absolute atomic E-state index is 11.5. The van der Waals surface area contributed by atoms with Gasteiger partial charge in [0, 0.05) is 21.0 Å². The van der Waals surface area contributed by atoms with Crippen LogP contribution in [-0.4, -0.2) is 10.9 Å². The SMILES string of the molecule is NC(=O)c1cc2ccc(Cl)cc2c(-c2ccccc2Cl)n1. The quantitative estimate of drug-likeness (QED) is 0.766. The minimum absolute atomic E-state index is 0.194. The zero-order chi connectivity index (χ0) is 15.0. The molecule has 5 heteroatoms. The molecule has 0 unspecified atom stereocenters. The van der Waals surface area contributed by atoms with Gasteiger partial charge < -0.3 is 5.73 Å². The normalized spacial score (nSPS) is 10.8. The molecule has 0 aliphatic carbocycles. The van der Waals surface area contributed by atoms with Crippen molar-refractivity contribution in [2.24, 2.45) is 5.73 Å². The summed E-state index contributed by atoms with van der Waals surface area (Å²) in [6, 6.07) is 14.3. The maximum atomic E-state index is 11.5. The van der Waals surface area contributed by atoms with Gasteiger partial charge in [-0.25, -0.2) is 4.98 Å². The van der Waals surface area contributed by atoms with Crippen LogP contribution in [0.2, 0.25) is 10.0 Å². The highest BCUT2D eigenvalue weighted by Gasteiger charge is 2.13.